The molecule has 0 N–H and O–H groups in total. The fraction of sp³-hybridized carbons (Fsp3) is 0.925. The fourth-order valence-electron chi connectivity index (χ4n) is 15.2. The van der Waals surface area contributed by atoms with Crippen LogP contribution in [0.2, 0.25) is 0 Å². The number of hydrogen-bond donors (Lipinski definition) is 0. The molecule has 0 amide bonds. The van der Waals surface area contributed by atoms with E-state index in [-0.39, 0.29) is 42.9 Å². The molecule has 12 saturated carbocycles. The van der Waals surface area contributed by atoms with Gasteiger partial charge in [0.15, 0.2) is 12.4 Å². The van der Waals surface area contributed by atoms with Gasteiger partial charge in [0.2, 0.25) is 0 Å². The van der Waals surface area contributed by atoms with E-state index in [1.54, 1.807) is 0 Å². The highest BCUT2D eigenvalue weighted by molar-refractivity contribution is 5.79. The first kappa shape index (κ1) is 32.8. The van der Waals surface area contributed by atoms with Gasteiger partial charge in [-0.2, -0.15) is 0 Å². The Hall–Kier alpha value is -1.81. The summed E-state index contributed by atoms with van der Waals surface area (Å²) in [5.41, 5.74) is -1.60. The molecule has 0 aromatic heterocycles. The van der Waals surface area contributed by atoms with Crippen molar-refractivity contribution in [3.63, 3.8) is 0 Å². The second-order valence-electron chi connectivity index (χ2n) is 19.9. The van der Waals surface area contributed by atoms with Gasteiger partial charge in [-0.1, -0.05) is 0 Å². The molecule has 12 bridgehead atoms. The van der Waals surface area contributed by atoms with Crippen molar-refractivity contribution in [2.24, 2.45) is 69.5 Å². The van der Waals surface area contributed by atoms with Crippen LogP contribution in [0, 0.1) is 69.5 Å². The third kappa shape index (κ3) is 5.16. The maximum atomic E-state index is 13.9. The fourth-order valence-corrected chi connectivity index (χ4v) is 15.2. The van der Waals surface area contributed by atoms with Crippen LogP contribution < -0.4 is 0 Å². The van der Waals surface area contributed by atoms with Crippen LogP contribution in [-0.2, 0) is 38.1 Å². The molecule has 0 radical (unpaired) electrons. The van der Waals surface area contributed by atoms with Crippen LogP contribution in [0.3, 0.4) is 0 Å². The number of ether oxygens (including phenoxy) is 5. The lowest BCUT2D eigenvalue weighted by atomic mass is 9.47. The Kier molecular flexibility index (Phi) is 7.29. The van der Waals surface area contributed by atoms with Crippen molar-refractivity contribution < 1.29 is 46.8 Å². The zero-order valence-electron chi connectivity index (χ0n) is 29.5. The number of alkyl halides is 2. The Labute approximate surface area is 293 Å². The topological polar surface area (TPSA) is 97.4 Å². The predicted octanol–water partition coefficient (Wildman–Crippen LogP) is 7.01. The van der Waals surface area contributed by atoms with Gasteiger partial charge in [0.25, 0.3) is 5.92 Å². The van der Waals surface area contributed by atoms with E-state index in [9.17, 15) is 23.2 Å². The standard InChI is InChI=1S/C40H54F2O8/c1-36(41,42)21-48-35(45)39-16-28-8-29(17-39)40(30(9-28)18-39)49-31(19-46-33(43)37-10-22-2-23(11-37)4-24(3-22)12-37)32(50-40)20-47-34(44)38-13-25-5-26(14-38)7-27(6-25)15-38/h22-32H,2-21H2,1H3. The van der Waals surface area contributed by atoms with Crippen LogP contribution in [0.15, 0.2) is 0 Å². The van der Waals surface area contributed by atoms with Crippen LogP contribution in [0.4, 0.5) is 8.78 Å². The van der Waals surface area contributed by atoms with Crippen LogP contribution >= 0.6 is 0 Å². The van der Waals surface area contributed by atoms with Crippen LogP contribution in [0.1, 0.15) is 116 Å². The van der Waals surface area contributed by atoms with E-state index >= 15 is 0 Å². The Balaban J connectivity index is 0.874. The van der Waals surface area contributed by atoms with E-state index in [1.807, 2.05) is 0 Å². The minimum Gasteiger partial charge on any atom is -0.462 e. The maximum absolute atomic E-state index is 13.9. The van der Waals surface area contributed by atoms with Gasteiger partial charge in [0, 0.05) is 18.8 Å². The predicted molar refractivity (Wildman–Crippen MR) is 173 cm³/mol. The first-order chi connectivity index (χ1) is 23.8. The van der Waals surface area contributed by atoms with E-state index < -0.39 is 52.7 Å². The summed E-state index contributed by atoms with van der Waals surface area (Å²) in [6, 6.07) is 0. The van der Waals surface area contributed by atoms with Gasteiger partial charge in [-0.3, -0.25) is 14.4 Å². The molecule has 1 heterocycles. The summed E-state index contributed by atoms with van der Waals surface area (Å²) in [5.74, 6) is -1.10. The van der Waals surface area contributed by atoms with E-state index in [2.05, 4.69) is 0 Å². The van der Waals surface area contributed by atoms with Crippen molar-refractivity contribution in [3.05, 3.63) is 0 Å². The van der Waals surface area contributed by atoms with E-state index in [4.69, 9.17) is 23.7 Å². The van der Waals surface area contributed by atoms with Crippen LogP contribution in [0.25, 0.3) is 0 Å². The lowest BCUT2D eigenvalue weighted by molar-refractivity contribution is -0.313. The molecular formula is C40H54F2O8. The number of halogens is 2. The molecule has 13 rings (SSSR count). The van der Waals surface area contributed by atoms with E-state index in [1.165, 1.54) is 38.5 Å². The van der Waals surface area contributed by atoms with Gasteiger partial charge >= 0.3 is 17.9 Å². The van der Waals surface area contributed by atoms with Crippen molar-refractivity contribution in [1.29, 1.82) is 0 Å². The average molecular weight is 701 g/mol. The molecule has 50 heavy (non-hydrogen) atoms. The smallest absolute Gasteiger partial charge is 0.312 e. The summed E-state index contributed by atoms with van der Waals surface area (Å²) < 4.78 is 59.0. The quantitative estimate of drug-likeness (QED) is 0.187. The summed E-state index contributed by atoms with van der Waals surface area (Å²) in [7, 11) is 0. The first-order valence-corrected chi connectivity index (χ1v) is 20.1. The molecule has 4 unspecified atom stereocenters. The molecule has 1 saturated heterocycles. The van der Waals surface area contributed by atoms with Gasteiger partial charge in [-0.05, 0) is 151 Å². The Bertz CT molecular complexity index is 1280. The Morgan fingerprint density at radius 2 is 0.860 bits per heavy atom. The molecule has 10 heteroatoms. The van der Waals surface area contributed by atoms with Crippen molar-refractivity contribution >= 4 is 17.9 Å². The number of hydrogen-bond acceptors (Lipinski definition) is 8. The third-order valence-electron chi connectivity index (χ3n) is 16.0. The molecule has 1 aliphatic heterocycles. The normalized spacial score (nSPS) is 51.8. The summed E-state index contributed by atoms with van der Waals surface area (Å²) >= 11 is 0. The lowest BCUT2D eigenvalue weighted by Crippen LogP contribution is -2.64. The highest BCUT2D eigenvalue weighted by Crippen LogP contribution is 2.67. The summed E-state index contributed by atoms with van der Waals surface area (Å²) in [5, 5.41) is 0. The minimum atomic E-state index is -3.08. The molecule has 13 fully saturated rings. The number of carbonyl (C=O) groups is 3. The van der Waals surface area contributed by atoms with Gasteiger partial charge in [0.1, 0.15) is 25.4 Å². The molecule has 12 aliphatic carbocycles. The van der Waals surface area contributed by atoms with Crippen molar-refractivity contribution in [2.45, 2.75) is 140 Å². The molecule has 0 aromatic carbocycles. The van der Waals surface area contributed by atoms with Crippen molar-refractivity contribution in [3.8, 4) is 0 Å². The first-order valence-electron chi connectivity index (χ1n) is 20.1. The Morgan fingerprint density at radius 1 is 0.540 bits per heavy atom. The molecule has 0 aromatic rings. The summed E-state index contributed by atoms with van der Waals surface area (Å²) in [4.78, 5) is 41.3. The monoisotopic (exact) mass is 700 g/mol. The van der Waals surface area contributed by atoms with Gasteiger partial charge in [0.05, 0.1) is 16.2 Å². The second kappa shape index (κ2) is 11.1. The number of carbonyl (C=O) groups excluding carboxylic acids is 3. The molecule has 13 aliphatic rings. The molecule has 4 atom stereocenters. The largest absolute Gasteiger partial charge is 0.462 e. The van der Waals surface area contributed by atoms with Gasteiger partial charge < -0.3 is 23.7 Å². The third-order valence-corrected chi connectivity index (χ3v) is 16.0. The molecule has 276 valence electrons. The van der Waals surface area contributed by atoms with Gasteiger partial charge in [-0.15, -0.1) is 0 Å². The highest BCUT2D eigenvalue weighted by Gasteiger charge is 2.70. The Morgan fingerprint density at radius 3 is 1.22 bits per heavy atom. The minimum absolute atomic E-state index is 0.0452. The molecule has 1 spiro atoms. The number of rotatable bonds is 9. The summed E-state index contributed by atoms with van der Waals surface area (Å²) in [6.07, 6.45) is 14.9. The number of esters is 3. The van der Waals surface area contributed by atoms with Crippen molar-refractivity contribution in [1.82, 2.24) is 0 Å². The average Bonchev–Trinajstić information content (AvgIpc) is 3.41. The van der Waals surface area contributed by atoms with Crippen LogP contribution in [-0.4, -0.2) is 61.6 Å². The zero-order chi connectivity index (χ0) is 34.3. The SMILES string of the molecule is CC(F)(F)COC(=O)C12CC3CC(C1)C1(OC(COC(=O)C45CC6CC(CC(C6)C4)C5)C(COC(=O)C45CC6CC(CC(C6)C4)C5)O1)C(C3)C2. The second-order valence-corrected chi connectivity index (χ2v) is 19.9. The van der Waals surface area contributed by atoms with Crippen LogP contribution in [0.5, 0.6) is 0 Å². The highest BCUT2D eigenvalue weighted by atomic mass is 19.3. The molecule has 8 nitrogen and oxygen atoms in total. The summed E-state index contributed by atoms with van der Waals surface area (Å²) in [6.45, 7) is -0.0608. The zero-order valence-corrected chi connectivity index (χ0v) is 29.5. The molecular weight excluding hydrogens is 646 g/mol. The lowest BCUT2D eigenvalue weighted by Gasteiger charge is -2.61. The van der Waals surface area contributed by atoms with Crippen molar-refractivity contribution in [2.75, 3.05) is 19.8 Å². The van der Waals surface area contributed by atoms with Gasteiger partial charge in [-0.25, -0.2) is 8.78 Å². The van der Waals surface area contributed by atoms with E-state index in [0.717, 1.165) is 58.3 Å². The maximum Gasteiger partial charge on any atom is 0.312 e. The van der Waals surface area contributed by atoms with E-state index in [0.29, 0.717) is 54.8 Å².